The first kappa shape index (κ1) is 9.38. The first-order valence-corrected chi connectivity index (χ1v) is 4.92. The van der Waals surface area contributed by atoms with Gasteiger partial charge in [0, 0.05) is 5.38 Å². The van der Waals surface area contributed by atoms with Gasteiger partial charge in [-0.1, -0.05) is 26.7 Å². The molecule has 2 bridgehead atoms. The summed E-state index contributed by atoms with van der Waals surface area (Å²) in [4.78, 5) is 0. The molecule has 0 nitrogen and oxygen atoms in total. The molecule has 0 aromatic rings. The SMILES string of the molecule is ClC1CC2CCCC(C1)C2.[CH2]. The zero-order valence-corrected chi connectivity index (χ0v) is 7.82. The molecule has 64 valence electrons. The van der Waals surface area contributed by atoms with E-state index >= 15 is 0 Å². The van der Waals surface area contributed by atoms with Crippen LogP contribution in [0.2, 0.25) is 0 Å². The van der Waals surface area contributed by atoms with Crippen LogP contribution in [0.15, 0.2) is 0 Å². The molecule has 2 rings (SSSR count). The van der Waals surface area contributed by atoms with Crippen LogP contribution in [0.25, 0.3) is 0 Å². The minimum atomic E-state index is 0. The molecule has 0 spiro atoms. The van der Waals surface area contributed by atoms with Crippen molar-refractivity contribution in [3.8, 4) is 0 Å². The van der Waals surface area contributed by atoms with Crippen LogP contribution in [0.1, 0.15) is 38.5 Å². The van der Waals surface area contributed by atoms with E-state index in [-0.39, 0.29) is 7.43 Å². The van der Waals surface area contributed by atoms with E-state index in [1.165, 1.54) is 38.5 Å². The highest BCUT2D eigenvalue weighted by Crippen LogP contribution is 2.41. The minimum absolute atomic E-state index is 0. The molecule has 2 atom stereocenters. The molecule has 2 aliphatic rings. The first-order valence-electron chi connectivity index (χ1n) is 4.48. The van der Waals surface area contributed by atoms with E-state index in [0.717, 1.165) is 11.8 Å². The van der Waals surface area contributed by atoms with Gasteiger partial charge in [0.1, 0.15) is 0 Å². The van der Waals surface area contributed by atoms with Crippen LogP contribution in [-0.4, -0.2) is 5.38 Å². The lowest BCUT2D eigenvalue weighted by atomic mass is 9.72. The molecule has 2 radical (unpaired) electrons. The molecule has 0 aromatic heterocycles. The maximum atomic E-state index is 6.12. The summed E-state index contributed by atoms with van der Waals surface area (Å²) in [5.74, 6) is 1.99. The van der Waals surface area contributed by atoms with Crippen molar-refractivity contribution in [3.05, 3.63) is 7.43 Å². The minimum Gasteiger partial charge on any atom is -0.123 e. The van der Waals surface area contributed by atoms with Gasteiger partial charge in [-0.15, -0.1) is 11.6 Å². The number of fused-ring (bicyclic) bond motifs is 2. The highest BCUT2D eigenvalue weighted by Gasteiger charge is 2.30. The Bertz CT molecular complexity index is 106. The van der Waals surface area contributed by atoms with Crippen molar-refractivity contribution >= 4 is 11.6 Å². The van der Waals surface area contributed by atoms with Gasteiger partial charge in [0.25, 0.3) is 0 Å². The third-order valence-electron chi connectivity index (χ3n) is 3.07. The van der Waals surface area contributed by atoms with Gasteiger partial charge in [0.05, 0.1) is 0 Å². The Morgan fingerprint density at radius 3 is 2.00 bits per heavy atom. The molecule has 2 fully saturated rings. The number of hydrogen-bond acceptors (Lipinski definition) is 0. The average Bonchev–Trinajstić information content (AvgIpc) is 1.85. The zero-order valence-electron chi connectivity index (χ0n) is 7.06. The van der Waals surface area contributed by atoms with Gasteiger partial charge >= 0.3 is 0 Å². The van der Waals surface area contributed by atoms with Crippen LogP contribution in [0.4, 0.5) is 0 Å². The highest BCUT2D eigenvalue weighted by molar-refractivity contribution is 6.20. The molecular weight excluding hydrogens is 156 g/mol. The predicted molar refractivity (Wildman–Crippen MR) is 49.7 cm³/mol. The Morgan fingerprint density at radius 2 is 1.45 bits per heavy atom. The van der Waals surface area contributed by atoms with Gasteiger partial charge in [0.2, 0.25) is 0 Å². The lowest BCUT2D eigenvalue weighted by Crippen LogP contribution is -2.26. The molecule has 11 heavy (non-hydrogen) atoms. The van der Waals surface area contributed by atoms with Crippen LogP contribution in [0.3, 0.4) is 0 Å². The Hall–Kier alpha value is 0.290. The molecule has 0 saturated heterocycles. The second-order valence-corrected chi connectivity index (χ2v) is 4.58. The quantitative estimate of drug-likeness (QED) is 0.491. The van der Waals surface area contributed by atoms with Gasteiger partial charge in [-0.25, -0.2) is 0 Å². The topological polar surface area (TPSA) is 0 Å². The van der Waals surface area contributed by atoms with Crippen molar-refractivity contribution in [2.24, 2.45) is 11.8 Å². The van der Waals surface area contributed by atoms with Gasteiger partial charge in [-0.2, -0.15) is 0 Å². The van der Waals surface area contributed by atoms with Gasteiger partial charge in [-0.3, -0.25) is 0 Å². The monoisotopic (exact) mass is 172 g/mol. The molecule has 0 N–H and O–H groups in total. The lowest BCUT2D eigenvalue weighted by Gasteiger charge is -2.36. The normalized spacial score (nSPS) is 42.8. The summed E-state index contributed by atoms with van der Waals surface area (Å²) in [6.07, 6.45) is 8.48. The van der Waals surface area contributed by atoms with Crippen LogP contribution >= 0.6 is 11.6 Å². The van der Waals surface area contributed by atoms with Crippen molar-refractivity contribution in [2.75, 3.05) is 0 Å². The standard InChI is InChI=1S/C9H15Cl.CH2/c10-9-5-7-2-1-3-8(4-7)6-9;/h7-9H,1-6H2;1H2. The number of alkyl halides is 1. The second-order valence-electron chi connectivity index (χ2n) is 3.97. The molecule has 0 heterocycles. The van der Waals surface area contributed by atoms with Crippen LogP contribution < -0.4 is 0 Å². The summed E-state index contributed by atoms with van der Waals surface area (Å²) in [5.41, 5.74) is 0. The third kappa shape index (κ3) is 2.11. The molecule has 0 amide bonds. The molecule has 2 saturated carbocycles. The summed E-state index contributed by atoms with van der Waals surface area (Å²) in [6, 6.07) is 0. The maximum absolute atomic E-state index is 6.12. The predicted octanol–water partition coefficient (Wildman–Crippen LogP) is 3.52. The van der Waals surface area contributed by atoms with E-state index in [2.05, 4.69) is 0 Å². The molecule has 2 unspecified atom stereocenters. The van der Waals surface area contributed by atoms with Crippen molar-refractivity contribution in [1.82, 2.24) is 0 Å². The van der Waals surface area contributed by atoms with Crippen LogP contribution in [0.5, 0.6) is 0 Å². The van der Waals surface area contributed by atoms with Crippen LogP contribution in [0, 0.1) is 19.3 Å². The molecule has 1 heteroatoms. The van der Waals surface area contributed by atoms with Crippen LogP contribution in [-0.2, 0) is 0 Å². The fourth-order valence-electron chi connectivity index (χ4n) is 2.65. The Morgan fingerprint density at radius 1 is 0.909 bits per heavy atom. The molecule has 0 aliphatic heterocycles. The van der Waals surface area contributed by atoms with E-state index in [1.807, 2.05) is 0 Å². The third-order valence-corrected chi connectivity index (χ3v) is 3.43. The molecular formula is C10H17Cl. The molecule has 2 aliphatic carbocycles. The summed E-state index contributed by atoms with van der Waals surface area (Å²) < 4.78 is 0. The summed E-state index contributed by atoms with van der Waals surface area (Å²) in [5, 5.41) is 0.518. The Labute approximate surface area is 75.3 Å². The summed E-state index contributed by atoms with van der Waals surface area (Å²) >= 11 is 6.12. The summed E-state index contributed by atoms with van der Waals surface area (Å²) in [7, 11) is 0. The Kier molecular flexibility index (Phi) is 3.24. The van der Waals surface area contributed by atoms with Crippen molar-refractivity contribution in [3.63, 3.8) is 0 Å². The van der Waals surface area contributed by atoms with Crippen molar-refractivity contribution < 1.29 is 0 Å². The van der Waals surface area contributed by atoms with Crippen molar-refractivity contribution in [1.29, 1.82) is 0 Å². The van der Waals surface area contributed by atoms with E-state index < -0.39 is 0 Å². The first-order chi connectivity index (χ1) is 4.84. The van der Waals surface area contributed by atoms with E-state index in [9.17, 15) is 0 Å². The number of rotatable bonds is 0. The number of hydrogen-bond donors (Lipinski definition) is 0. The van der Waals surface area contributed by atoms with Crippen molar-refractivity contribution in [2.45, 2.75) is 43.9 Å². The molecule has 0 aromatic carbocycles. The zero-order chi connectivity index (χ0) is 6.97. The van der Waals surface area contributed by atoms with E-state index in [4.69, 9.17) is 11.6 Å². The van der Waals surface area contributed by atoms with E-state index in [0.29, 0.717) is 5.38 Å². The smallest absolute Gasteiger partial charge is 0.0341 e. The average molecular weight is 173 g/mol. The largest absolute Gasteiger partial charge is 0.123 e. The number of halogens is 1. The summed E-state index contributed by atoms with van der Waals surface area (Å²) in [6.45, 7) is 0. The highest BCUT2D eigenvalue weighted by atomic mass is 35.5. The van der Waals surface area contributed by atoms with Gasteiger partial charge < -0.3 is 0 Å². The maximum Gasteiger partial charge on any atom is 0.0341 e. The lowest BCUT2D eigenvalue weighted by molar-refractivity contribution is 0.194. The van der Waals surface area contributed by atoms with Gasteiger partial charge in [-0.05, 0) is 31.1 Å². The fourth-order valence-corrected chi connectivity index (χ4v) is 3.15. The Balaban J connectivity index is 0.000000605. The second kappa shape index (κ2) is 3.80. The van der Waals surface area contributed by atoms with Gasteiger partial charge in [0.15, 0.2) is 0 Å². The van der Waals surface area contributed by atoms with E-state index in [1.54, 1.807) is 0 Å². The fraction of sp³-hybridized carbons (Fsp3) is 0.900.